The van der Waals surface area contributed by atoms with Crippen LogP contribution in [-0.4, -0.2) is 45.1 Å². The zero-order valence-corrected chi connectivity index (χ0v) is 25.5. The van der Waals surface area contributed by atoms with Crippen LogP contribution in [0.2, 0.25) is 0 Å². The van der Waals surface area contributed by atoms with E-state index in [2.05, 4.69) is 22.0 Å². The maximum atomic E-state index is 13.3. The van der Waals surface area contributed by atoms with Crippen molar-refractivity contribution < 1.29 is 34.2 Å². The number of nitrogens with zero attached hydrogens (tertiary/aromatic N) is 1. The van der Waals surface area contributed by atoms with Gasteiger partial charge in [0, 0.05) is 16.3 Å². The zero-order chi connectivity index (χ0) is 32.7. The van der Waals surface area contributed by atoms with Crippen molar-refractivity contribution in [3.8, 4) is 6.07 Å². The van der Waals surface area contributed by atoms with Crippen molar-refractivity contribution in [3.05, 3.63) is 105 Å². The van der Waals surface area contributed by atoms with Crippen molar-refractivity contribution in [2.75, 3.05) is 16.0 Å². The molecule has 0 aliphatic rings. The number of carbonyl (C=O) groups excluding carboxylic acids is 3. The molecule has 11 nitrogen and oxygen atoms in total. The molecule has 0 aliphatic carbocycles. The fourth-order valence-electron chi connectivity index (χ4n) is 4.24. The Labute approximate surface area is 265 Å². The summed E-state index contributed by atoms with van der Waals surface area (Å²) in [5.74, 6) is -4.30. The largest absolute Gasteiger partial charge is 0.478 e. The molecule has 1 aromatic heterocycles. The molecule has 3 amide bonds. The molecule has 0 bridgehead atoms. The van der Waals surface area contributed by atoms with Gasteiger partial charge in [0.05, 0.1) is 32.4 Å². The molecule has 4 aromatic rings. The van der Waals surface area contributed by atoms with E-state index < -0.39 is 34.6 Å². The van der Waals surface area contributed by atoms with Gasteiger partial charge in [-0.15, -0.1) is 23.1 Å². The summed E-state index contributed by atoms with van der Waals surface area (Å²) in [6, 6.07) is 20.7. The number of rotatable bonds is 11. The van der Waals surface area contributed by atoms with E-state index in [9.17, 15) is 34.3 Å². The number of hydrogen-bond donors (Lipinski definition) is 5. The number of thioether (sulfide) groups is 1. The lowest BCUT2D eigenvalue weighted by molar-refractivity contribution is -0.115. The lowest BCUT2D eigenvalue weighted by atomic mass is 10.0. The average molecular weight is 643 g/mol. The molecule has 45 heavy (non-hydrogen) atoms. The highest BCUT2D eigenvalue weighted by Gasteiger charge is 2.25. The number of aromatic carboxylic acids is 2. The molecule has 1 atom stereocenters. The van der Waals surface area contributed by atoms with Crippen molar-refractivity contribution in [2.24, 2.45) is 0 Å². The van der Waals surface area contributed by atoms with Crippen molar-refractivity contribution in [1.82, 2.24) is 0 Å². The molecular weight excluding hydrogens is 617 g/mol. The number of carboxylic acids is 2. The van der Waals surface area contributed by atoms with Crippen LogP contribution < -0.4 is 16.0 Å². The number of anilines is 3. The Balaban J connectivity index is 1.48. The van der Waals surface area contributed by atoms with Crippen molar-refractivity contribution >= 4 is 69.1 Å². The Morgan fingerprint density at radius 2 is 1.53 bits per heavy atom. The maximum Gasteiger partial charge on any atom is 0.336 e. The number of hydrogen-bond acceptors (Lipinski definition) is 8. The van der Waals surface area contributed by atoms with Crippen LogP contribution in [0.4, 0.5) is 16.4 Å². The molecule has 0 radical (unpaired) electrons. The molecule has 3 aromatic carbocycles. The molecule has 0 aliphatic heterocycles. The predicted molar refractivity (Wildman–Crippen MR) is 171 cm³/mol. The first-order valence-electron chi connectivity index (χ1n) is 13.4. The van der Waals surface area contributed by atoms with Gasteiger partial charge in [0.1, 0.15) is 11.1 Å². The van der Waals surface area contributed by atoms with E-state index in [4.69, 9.17) is 5.11 Å². The summed E-state index contributed by atoms with van der Waals surface area (Å²) in [7, 11) is 0. The summed E-state index contributed by atoms with van der Waals surface area (Å²) in [5, 5.41) is 36.3. The van der Waals surface area contributed by atoms with Crippen molar-refractivity contribution in [1.29, 1.82) is 5.26 Å². The number of nitriles is 1. The quantitative estimate of drug-likeness (QED) is 0.116. The van der Waals surface area contributed by atoms with Gasteiger partial charge < -0.3 is 26.2 Å². The highest BCUT2D eigenvalue weighted by Crippen LogP contribution is 2.35. The Kier molecular flexibility index (Phi) is 10.4. The molecule has 0 saturated carbocycles. The van der Waals surface area contributed by atoms with Crippen LogP contribution in [0.3, 0.4) is 0 Å². The summed E-state index contributed by atoms with van der Waals surface area (Å²) in [6.45, 7) is 3.47. The van der Waals surface area contributed by atoms with Crippen LogP contribution in [-0.2, 0) is 4.79 Å². The molecule has 13 heteroatoms. The minimum absolute atomic E-state index is 0.202. The van der Waals surface area contributed by atoms with Crippen LogP contribution in [0.15, 0.2) is 77.7 Å². The second-order valence-corrected chi connectivity index (χ2v) is 11.8. The smallest absolute Gasteiger partial charge is 0.336 e. The summed E-state index contributed by atoms with van der Waals surface area (Å²) in [6.07, 6.45) is 0.415. The lowest BCUT2D eigenvalue weighted by Crippen LogP contribution is -2.24. The number of carboxylic acid groups (broad SMARTS) is 2. The molecule has 0 spiro atoms. The van der Waals surface area contributed by atoms with E-state index in [0.29, 0.717) is 33.1 Å². The van der Waals surface area contributed by atoms with Crippen LogP contribution in [0.25, 0.3) is 0 Å². The molecule has 1 unspecified atom stereocenters. The van der Waals surface area contributed by atoms with Gasteiger partial charge in [-0.3, -0.25) is 14.4 Å². The molecular formula is C32H26N4O7S2. The zero-order valence-electron chi connectivity index (χ0n) is 23.9. The van der Waals surface area contributed by atoms with Gasteiger partial charge in [0.2, 0.25) is 5.91 Å². The van der Waals surface area contributed by atoms with E-state index in [-0.39, 0.29) is 27.6 Å². The third-order valence-electron chi connectivity index (χ3n) is 6.51. The monoisotopic (exact) mass is 642 g/mol. The maximum absolute atomic E-state index is 13.3. The summed E-state index contributed by atoms with van der Waals surface area (Å²) in [4.78, 5) is 63.0. The highest BCUT2D eigenvalue weighted by molar-refractivity contribution is 8.00. The van der Waals surface area contributed by atoms with Gasteiger partial charge in [-0.05, 0) is 67.4 Å². The lowest BCUT2D eigenvalue weighted by Gasteiger charge is -2.15. The Hall–Kier alpha value is -5.45. The van der Waals surface area contributed by atoms with E-state index in [1.807, 2.05) is 13.0 Å². The van der Waals surface area contributed by atoms with Gasteiger partial charge in [0.15, 0.2) is 0 Å². The molecule has 0 fully saturated rings. The molecule has 228 valence electrons. The molecule has 4 rings (SSSR count). The second-order valence-electron chi connectivity index (χ2n) is 9.55. The topological polar surface area (TPSA) is 186 Å². The fraction of sp³-hybridized carbons (Fsp3) is 0.125. The van der Waals surface area contributed by atoms with E-state index >= 15 is 0 Å². The number of carbonyl (C=O) groups is 5. The summed E-state index contributed by atoms with van der Waals surface area (Å²) >= 11 is 2.23. The standard InChI is InChI=1S/C32H26N4O7S2/c1-3-25(28(38)36-30-24(16-33)17(2)26(45-30)29(39)34-19-8-5-4-6-9-19)44-21-11-7-10-20(15-21)35-27(37)22-13-12-18(31(40)41)14-23(22)32(42)43/h4-15,25H,3H2,1-2H3,(H,34,39)(H,35,37)(H,36,38)(H,40,41)(H,42,43). The summed E-state index contributed by atoms with van der Waals surface area (Å²) < 4.78 is 0. The first-order chi connectivity index (χ1) is 21.5. The minimum Gasteiger partial charge on any atom is -0.478 e. The number of thiophene rings is 1. The number of benzene rings is 3. The second kappa shape index (κ2) is 14.3. The normalized spacial score (nSPS) is 11.1. The Bertz CT molecular complexity index is 1850. The van der Waals surface area contributed by atoms with Crippen LogP contribution in [0.1, 0.15) is 65.2 Å². The summed E-state index contributed by atoms with van der Waals surface area (Å²) in [5.41, 5.74) is 0.645. The van der Waals surface area contributed by atoms with Crippen molar-refractivity contribution in [3.63, 3.8) is 0 Å². The first kappa shape index (κ1) is 32.5. The van der Waals surface area contributed by atoms with Gasteiger partial charge in [-0.1, -0.05) is 31.2 Å². The third kappa shape index (κ3) is 7.74. The SMILES string of the molecule is CCC(Sc1cccc(NC(=O)c2ccc(C(=O)O)cc2C(=O)O)c1)C(=O)Nc1sc(C(=O)Nc2ccccc2)c(C)c1C#N. The van der Waals surface area contributed by atoms with Gasteiger partial charge >= 0.3 is 11.9 Å². The molecule has 1 heterocycles. The minimum atomic E-state index is -1.45. The van der Waals surface area contributed by atoms with Gasteiger partial charge in [-0.25, -0.2) is 9.59 Å². The number of nitrogens with one attached hydrogen (secondary N) is 3. The van der Waals surface area contributed by atoms with Crippen molar-refractivity contribution in [2.45, 2.75) is 30.4 Å². The van der Waals surface area contributed by atoms with E-state index in [1.54, 1.807) is 55.5 Å². The predicted octanol–water partition coefficient (Wildman–Crippen LogP) is 6.34. The number of amides is 3. The Morgan fingerprint density at radius 1 is 0.844 bits per heavy atom. The average Bonchev–Trinajstić information content (AvgIpc) is 3.34. The van der Waals surface area contributed by atoms with E-state index in [0.717, 1.165) is 29.5 Å². The number of para-hydroxylation sites is 1. The Morgan fingerprint density at radius 3 is 2.18 bits per heavy atom. The first-order valence-corrected chi connectivity index (χ1v) is 15.1. The van der Waals surface area contributed by atoms with Gasteiger partial charge in [0.25, 0.3) is 11.8 Å². The van der Waals surface area contributed by atoms with Crippen LogP contribution >= 0.6 is 23.1 Å². The third-order valence-corrected chi connectivity index (χ3v) is 9.07. The van der Waals surface area contributed by atoms with Crippen LogP contribution in [0, 0.1) is 18.3 Å². The van der Waals surface area contributed by atoms with Crippen LogP contribution in [0.5, 0.6) is 0 Å². The highest BCUT2D eigenvalue weighted by atomic mass is 32.2. The van der Waals surface area contributed by atoms with Gasteiger partial charge in [-0.2, -0.15) is 5.26 Å². The van der Waals surface area contributed by atoms with E-state index in [1.165, 1.54) is 11.8 Å². The molecule has 0 saturated heterocycles. The fourth-order valence-corrected chi connectivity index (χ4v) is 6.31. The molecule has 5 N–H and O–H groups in total.